The molecule has 4 nitrogen and oxygen atoms in total. The SMILES string of the molecule is CCCCn1c(-c2cccc(F)c2)cc(=O)c2cc(C(=O)OCC)ccc21. The van der Waals surface area contributed by atoms with E-state index in [1.54, 1.807) is 37.3 Å². The topological polar surface area (TPSA) is 48.3 Å². The molecule has 3 aromatic rings. The highest BCUT2D eigenvalue weighted by molar-refractivity contribution is 5.95. The highest BCUT2D eigenvalue weighted by Gasteiger charge is 2.14. The minimum Gasteiger partial charge on any atom is -0.462 e. The Hall–Kier alpha value is -2.95. The van der Waals surface area contributed by atoms with Crippen molar-refractivity contribution in [3.05, 3.63) is 70.1 Å². The number of aromatic nitrogens is 1. The lowest BCUT2D eigenvalue weighted by Crippen LogP contribution is -2.14. The Morgan fingerprint density at radius 1 is 1.11 bits per heavy atom. The van der Waals surface area contributed by atoms with Crippen LogP contribution in [0.5, 0.6) is 0 Å². The van der Waals surface area contributed by atoms with E-state index < -0.39 is 5.97 Å². The van der Waals surface area contributed by atoms with Crippen molar-refractivity contribution < 1.29 is 13.9 Å². The monoisotopic (exact) mass is 367 g/mol. The van der Waals surface area contributed by atoms with Gasteiger partial charge in [0.1, 0.15) is 5.82 Å². The molecule has 0 aliphatic rings. The van der Waals surface area contributed by atoms with Crippen LogP contribution in [0.4, 0.5) is 4.39 Å². The summed E-state index contributed by atoms with van der Waals surface area (Å²) in [7, 11) is 0. The molecule has 1 aromatic heterocycles. The summed E-state index contributed by atoms with van der Waals surface area (Å²) in [6.07, 6.45) is 1.90. The molecule has 0 bridgehead atoms. The molecule has 0 saturated carbocycles. The molecule has 1 heterocycles. The minimum absolute atomic E-state index is 0.205. The summed E-state index contributed by atoms with van der Waals surface area (Å²) in [4.78, 5) is 24.8. The van der Waals surface area contributed by atoms with E-state index in [2.05, 4.69) is 6.92 Å². The van der Waals surface area contributed by atoms with Gasteiger partial charge in [0, 0.05) is 23.6 Å². The Labute approximate surface area is 157 Å². The van der Waals surface area contributed by atoms with Crippen molar-refractivity contribution in [2.45, 2.75) is 33.2 Å². The van der Waals surface area contributed by atoms with Gasteiger partial charge >= 0.3 is 5.97 Å². The van der Waals surface area contributed by atoms with Crippen molar-refractivity contribution in [1.29, 1.82) is 0 Å². The molecule has 0 amide bonds. The van der Waals surface area contributed by atoms with Crippen molar-refractivity contribution >= 4 is 16.9 Å². The second-order valence-electron chi connectivity index (χ2n) is 6.36. The van der Waals surface area contributed by atoms with E-state index >= 15 is 0 Å². The second kappa shape index (κ2) is 8.16. The average molecular weight is 367 g/mol. The van der Waals surface area contributed by atoms with Gasteiger partial charge < -0.3 is 9.30 Å². The highest BCUT2D eigenvalue weighted by atomic mass is 19.1. The van der Waals surface area contributed by atoms with E-state index in [0.29, 0.717) is 28.8 Å². The highest BCUT2D eigenvalue weighted by Crippen LogP contribution is 2.25. The zero-order chi connectivity index (χ0) is 19.4. The number of halogens is 1. The normalized spacial score (nSPS) is 10.9. The minimum atomic E-state index is -0.451. The van der Waals surface area contributed by atoms with E-state index in [1.165, 1.54) is 18.2 Å². The van der Waals surface area contributed by atoms with Crippen LogP contribution in [-0.2, 0) is 11.3 Å². The summed E-state index contributed by atoms with van der Waals surface area (Å²) in [5, 5.41) is 0.455. The van der Waals surface area contributed by atoms with Crippen LogP contribution >= 0.6 is 0 Å². The van der Waals surface area contributed by atoms with E-state index in [9.17, 15) is 14.0 Å². The number of pyridine rings is 1. The van der Waals surface area contributed by atoms with E-state index in [4.69, 9.17) is 4.74 Å². The fourth-order valence-electron chi connectivity index (χ4n) is 3.16. The lowest BCUT2D eigenvalue weighted by atomic mass is 10.1. The summed E-state index contributed by atoms with van der Waals surface area (Å²) in [6.45, 7) is 4.79. The molecule has 0 radical (unpaired) electrons. The van der Waals surface area contributed by atoms with Crippen molar-refractivity contribution in [2.24, 2.45) is 0 Å². The number of hydrogen-bond acceptors (Lipinski definition) is 3. The Kier molecular flexibility index (Phi) is 5.69. The average Bonchev–Trinajstić information content (AvgIpc) is 2.67. The van der Waals surface area contributed by atoms with E-state index in [1.807, 2.05) is 4.57 Å². The van der Waals surface area contributed by atoms with Crippen LogP contribution in [-0.4, -0.2) is 17.1 Å². The van der Waals surface area contributed by atoms with Gasteiger partial charge in [-0.15, -0.1) is 0 Å². The summed E-state index contributed by atoms with van der Waals surface area (Å²) in [5.41, 5.74) is 2.19. The smallest absolute Gasteiger partial charge is 0.338 e. The third kappa shape index (κ3) is 3.92. The van der Waals surface area contributed by atoms with Crippen molar-refractivity contribution in [1.82, 2.24) is 4.57 Å². The third-order valence-corrected chi connectivity index (χ3v) is 4.48. The van der Waals surface area contributed by atoms with Crippen LogP contribution in [0.1, 0.15) is 37.0 Å². The number of aryl methyl sites for hydroxylation is 1. The van der Waals surface area contributed by atoms with E-state index in [0.717, 1.165) is 18.4 Å². The molecule has 0 spiro atoms. The summed E-state index contributed by atoms with van der Waals surface area (Å²) >= 11 is 0. The molecule has 27 heavy (non-hydrogen) atoms. The molecule has 2 aromatic carbocycles. The largest absolute Gasteiger partial charge is 0.462 e. The number of fused-ring (bicyclic) bond motifs is 1. The number of esters is 1. The van der Waals surface area contributed by atoms with Gasteiger partial charge in [0.25, 0.3) is 0 Å². The number of carbonyl (C=O) groups is 1. The van der Waals surface area contributed by atoms with Gasteiger partial charge in [-0.05, 0) is 43.7 Å². The van der Waals surface area contributed by atoms with Gasteiger partial charge in [-0.1, -0.05) is 25.5 Å². The Balaban J connectivity index is 2.23. The van der Waals surface area contributed by atoms with Crippen molar-refractivity contribution in [2.75, 3.05) is 6.61 Å². The lowest BCUT2D eigenvalue weighted by Gasteiger charge is -2.17. The van der Waals surface area contributed by atoms with Gasteiger partial charge in [0.05, 0.1) is 23.4 Å². The first kappa shape index (κ1) is 18.8. The van der Waals surface area contributed by atoms with E-state index in [-0.39, 0.29) is 17.9 Å². The van der Waals surface area contributed by atoms with Gasteiger partial charge in [-0.3, -0.25) is 4.79 Å². The van der Waals surface area contributed by atoms with Crippen LogP contribution in [0.2, 0.25) is 0 Å². The number of rotatable bonds is 6. The van der Waals surface area contributed by atoms with Crippen LogP contribution in [0.3, 0.4) is 0 Å². The summed E-state index contributed by atoms with van der Waals surface area (Å²) in [6, 6.07) is 12.8. The van der Waals surface area contributed by atoms with Gasteiger partial charge in [-0.2, -0.15) is 0 Å². The quantitative estimate of drug-likeness (QED) is 0.589. The second-order valence-corrected chi connectivity index (χ2v) is 6.36. The fourth-order valence-corrected chi connectivity index (χ4v) is 3.16. The Morgan fingerprint density at radius 3 is 2.63 bits per heavy atom. The van der Waals surface area contributed by atoms with Crippen LogP contribution in [0.15, 0.2) is 53.3 Å². The maximum absolute atomic E-state index is 13.7. The number of ether oxygens (including phenoxy) is 1. The summed E-state index contributed by atoms with van der Waals surface area (Å²) < 4.78 is 20.8. The molecular formula is C22H22FNO3. The molecule has 5 heteroatoms. The Bertz CT molecular complexity index is 1040. The molecule has 3 rings (SSSR count). The molecule has 0 N–H and O–H groups in total. The van der Waals surface area contributed by atoms with Crippen LogP contribution in [0, 0.1) is 5.82 Å². The third-order valence-electron chi connectivity index (χ3n) is 4.48. The van der Waals surface area contributed by atoms with Gasteiger partial charge in [0.15, 0.2) is 5.43 Å². The zero-order valence-corrected chi connectivity index (χ0v) is 15.5. The first-order chi connectivity index (χ1) is 13.0. The fraction of sp³-hybridized carbons (Fsp3) is 0.273. The molecule has 0 fully saturated rings. The van der Waals surface area contributed by atoms with Crippen LogP contribution < -0.4 is 5.43 Å². The molecule has 0 saturated heterocycles. The number of hydrogen-bond donors (Lipinski definition) is 0. The molecule has 0 aliphatic heterocycles. The molecule has 0 atom stereocenters. The Morgan fingerprint density at radius 2 is 1.93 bits per heavy atom. The molecular weight excluding hydrogens is 345 g/mol. The molecule has 0 aliphatic carbocycles. The predicted molar refractivity (Wildman–Crippen MR) is 104 cm³/mol. The van der Waals surface area contributed by atoms with Gasteiger partial charge in [-0.25, -0.2) is 9.18 Å². The van der Waals surface area contributed by atoms with Crippen molar-refractivity contribution in [3.63, 3.8) is 0 Å². The molecule has 140 valence electrons. The number of benzene rings is 2. The number of nitrogens with zero attached hydrogens (tertiary/aromatic N) is 1. The number of unbranched alkanes of at least 4 members (excludes halogenated alkanes) is 1. The first-order valence-corrected chi connectivity index (χ1v) is 9.15. The standard InChI is InChI=1S/C22H22FNO3/c1-3-5-11-24-19-10-9-16(22(26)27-4-2)13-18(19)21(25)14-20(24)15-7-6-8-17(23)12-15/h6-10,12-14H,3-5,11H2,1-2H3. The van der Waals surface area contributed by atoms with Crippen molar-refractivity contribution in [3.8, 4) is 11.3 Å². The van der Waals surface area contributed by atoms with Crippen LogP contribution in [0.25, 0.3) is 22.2 Å². The first-order valence-electron chi connectivity index (χ1n) is 9.15. The lowest BCUT2D eigenvalue weighted by molar-refractivity contribution is 0.0526. The molecule has 0 unspecified atom stereocenters. The maximum atomic E-state index is 13.7. The number of carbonyl (C=O) groups excluding carboxylic acids is 1. The predicted octanol–water partition coefficient (Wildman–Crippen LogP) is 4.78. The van der Waals surface area contributed by atoms with Gasteiger partial charge in [0.2, 0.25) is 0 Å². The summed E-state index contributed by atoms with van der Waals surface area (Å²) in [5.74, 6) is -0.798. The maximum Gasteiger partial charge on any atom is 0.338 e. The zero-order valence-electron chi connectivity index (χ0n) is 15.5.